The van der Waals surface area contributed by atoms with Crippen LogP contribution in [0.5, 0.6) is 0 Å². The molecule has 0 bridgehead atoms. The summed E-state index contributed by atoms with van der Waals surface area (Å²) in [7, 11) is 1.90. The minimum Gasteiger partial charge on any atom is -0.316 e. The van der Waals surface area contributed by atoms with Crippen LogP contribution < -0.4 is 5.32 Å². The SMILES string of the molecule is CCCC1CCC(C(Cc2c(F)cccc2F)NC)CC1. The van der Waals surface area contributed by atoms with Gasteiger partial charge in [-0.2, -0.15) is 0 Å². The average Bonchev–Trinajstić information content (AvgIpc) is 2.49. The molecule has 0 radical (unpaired) electrons. The molecule has 0 spiro atoms. The van der Waals surface area contributed by atoms with Gasteiger partial charge >= 0.3 is 0 Å². The van der Waals surface area contributed by atoms with E-state index in [0.717, 1.165) is 5.92 Å². The van der Waals surface area contributed by atoms with Crippen molar-refractivity contribution in [3.63, 3.8) is 0 Å². The maximum absolute atomic E-state index is 13.8. The second-order valence-electron chi connectivity index (χ2n) is 6.37. The number of likely N-dealkylation sites (N-methyl/N-ethyl adjacent to an activating group) is 1. The molecular weight excluding hydrogens is 268 g/mol. The van der Waals surface area contributed by atoms with Crippen molar-refractivity contribution in [2.75, 3.05) is 7.05 Å². The van der Waals surface area contributed by atoms with Crippen molar-refractivity contribution < 1.29 is 8.78 Å². The summed E-state index contributed by atoms with van der Waals surface area (Å²) < 4.78 is 27.6. The molecule has 1 aromatic carbocycles. The highest BCUT2D eigenvalue weighted by Crippen LogP contribution is 2.34. The van der Waals surface area contributed by atoms with E-state index in [-0.39, 0.29) is 11.6 Å². The summed E-state index contributed by atoms with van der Waals surface area (Å²) in [4.78, 5) is 0. The molecule has 118 valence electrons. The third-order valence-electron chi connectivity index (χ3n) is 5.01. The molecule has 21 heavy (non-hydrogen) atoms. The molecule has 0 heterocycles. The molecule has 1 aliphatic rings. The molecule has 1 unspecified atom stereocenters. The number of nitrogens with one attached hydrogen (secondary N) is 1. The van der Waals surface area contributed by atoms with Crippen LogP contribution >= 0.6 is 0 Å². The van der Waals surface area contributed by atoms with Crippen molar-refractivity contribution in [3.05, 3.63) is 35.4 Å². The van der Waals surface area contributed by atoms with Crippen LogP contribution in [0.1, 0.15) is 51.0 Å². The summed E-state index contributed by atoms with van der Waals surface area (Å²) in [6, 6.07) is 4.30. The van der Waals surface area contributed by atoms with Crippen molar-refractivity contribution in [2.45, 2.75) is 57.9 Å². The zero-order valence-corrected chi connectivity index (χ0v) is 13.2. The Labute approximate surface area is 127 Å². The Bertz CT molecular complexity index is 419. The molecule has 1 saturated carbocycles. The Balaban J connectivity index is 1.98. The van der Waals surface area contributed by atoms with Gasteiger partial charge in [-0.1, -0.05) is 38.7 Å². The molecule has 0 amide bonds. The van der Waals surface area contributed by atoms with Gasteiger partial charge in [0.25, 0.3) is 0 Å². The number of benzene rings is 1. The summed E-state index contributed by atoms with van der Waals surface area (Å²) in [5.74, 6) is 0.543. The van der Waals surface area contributed by atoms with Gasteiger partial charge in [-0.3, -0.25) is 0 Å². The zero-order valence-electron chi connectivity index (χ0n) is 13.2. The summed E-state index contributed by atoms with van der Waals surface area (Å²) in [5.41, 5.74) is 0.229. The number of rotatable bonds is 6. The van der Waals surface area contributed by atoms with E-state index in [1.165, 1.54) is 56.7 Å². The molecular formula is C18H27F2N. The van der Waals surface area contributed by atoms with Crippen LogP contribution in [-0.2, 0) is 6.42 Å². The van der Waals surface area contributed by atoms with Crippen molar-refractivity contribution in [3.8, 4) is 0 Å². The van der Waals surface area contributed by atoms with Crippen LogP contribution in [0, 0.1) is 23.5 Å². The predicted molar refractivity (Wildman–Crippen MR) is 83.3 cm³/mol. The van der Waals surface area contributed by atoms with Gasteiger partial charge in [-0.25, -0.2) is 8.78 Å². The summed E-state index contributed by atoms with van der Waals surface area (Å²) in [6.07, 6.45) is 7.88. The third kappa shape index (κ3) is 4.26. The molecule has 1 atom stereocenters. The Hall–Kier alpha value is -0.960. The standard InChI is InChI=1S/C18H27F2N/c1-3-5-13-8-10-14(11-9-13)18(21-2)12-15-16(19)6-4-7-17(15)20/h4,6-7,13-14,18,21H,3,5,8-12H2,1-2H3. The van der Waals surface area contributed by atoms with E-state index in [2.05, 4.69) is 12.2 Å². The predicted octanol–water partition coefficient (Wildman–Crippen LogP) is 4.70. The monoisotopic (exact) mass is 295 g/mol. The first-order valence-electron chi connectivity index (χ1n) is 8.25. The van der Waals surface area contributed by atoms with E-state index < -0.39 is 11.6 Å². The lowest BCUT2D eigenvalue weighted by Crippen LogP contribution is -2.38. The van der Waals surface area contributed by atoms with Crippen molar-refractivity contribution in [1.82, 2.24) is 5.32 Å². The fourth-order valence-electron chi connectivity index (χ4n) is 3.74. The molecule has 1 nitrogen and oxygen atoms in total. The highest BCUT2D eigenvalue weighted by atomic mass is 19.1. The van der Waals surface area contributed by atoms with Crippen molar-refractivity contribution in [2.24, 2.45) is 11.8 Å². The molecule has 1 fully saturated rings. The van der Waals surface area contributed by atoms with Gasteiger partial charge in [0.2, 0.25) is 0 Å². The van der Waals surface area contributed by atoms with Gasteiger partial charge in [0.05, 0.1) is 0 Å². The molecule has 1 aliphatic carbocycles. The van der Waals surface area contributed by atoms with Crippen molar-refractivity contribution in [1.29, 1.82) is 0 Å². The molecule has 0 saturated heterocycles. The Morgan fingerprint density at radius 1 is 1.14 bits per heavy atom. The summed E-state index contributed by atoms with van der Waals surface area (Å²) >= 11 is 0. The highest BCUT2D eigenvalue weighted by molar-refractivity contribution is 5.21. The third-order valence-corrected chi connectivity index (χ3v) is 5.01. The lowest BCUT2D eigenvalue weighted by molar-refractivity contribution is 0.216. The Morgan fingerprint density at radius 3 is 2.29 bits per heavy atom. The molecule has 1 N–H and O–H groups in total. The van der Waals surface area contributed by atoms with Crippen LogP contribution in [0.4, 0.5) is 8.78 Å². The Kier molecular flexibility index (Phi) is 6.16. The minimum absolute atomic E-state index is 0.166. The maximum atomic E-state index is 13.8. The zero-order chi connectivity index (χ0) is 15.2. The van der Waals surface area contributed by atoms with E-state index in [1.54, 1.807) is 0 Å². The summed E-state index contributed by atoms with van der Waals surface area (Å²) in [5, 5.41) is 3.29. The van der Waals surface area contributed by atoms with E-state index in [9.17, 15) is 8.78 Å². The first-order chi connectivity index (χ1) is 10.2. The van der Waals surface area contributed by atoms with Gasteiger partial charge in [-0.15, -0.1) is 0 Å². The van der Waals surface area contributed by atoms with Crippen LogP contribution in [0.2, 0.25) is 0 Å². The molecule has 1 aromatic rings. The largest absolute Gasteiger partial charge is 0.316 e. The lowest BCUT2D eigenvalue weighted by Gasteiger charge is -2.34. The molecule has 3 heteroatoms. The number of hydrogen-bond donors (Lipinski definition) is 1. The van der Waals surface area contributed by atoms with E-state index >= 15 is 0 Å². The van der Waals surface area contributed by atoms with Gasteiger partial charge in [0.1, 0.15) is 11.6 Å². The van der Waals surface area contributed by atoms with Crippen LogP contribution in [0.3, 0.4) is 0 Å². The van der Waals surface area contributed by atoms with E-state index in [1.807, 2.05) is 7.05 Å². The van der Waals surface area contributed by atoms with Gasteiger partial charge < -0.3 is 5.32 Å². The van der Waals surface area contributed by atoms with Crippen LogP contribution in [-0.4, -0.2) is 13.1 Å². The van der Waals surface area contributed by atoms with E-state index in [0.29, 0.717) is 12.3 Å². The molecule has 0 aromatic heterocycles. The second-order valence-corrected chi connectivity index (χ2v) is 6.37. The first kappa shape index (κ1) is 16.4. The summed E-state index contributed by atoms with van der Waals surface area (Å²) in [6.45, 7) is 2.24. The number of halogens is 2. The van der Waals surface area contributed by atoms with Gasteiger partial charge in [-0.05, 0) is 50.3 Å². The average molecular weight is 295 g/mol. The van der Waals surface area contributed by atoms with E-state index in [4.69, 9.17) is 0 Å². The fourth-order valence-corrected chi connectivity index (χ4v) is 3.74. The smallest absolute Gasteiger partial charge is 0.129 e. The fraction of sp³-hybridized carbons (Fsp3) is 0.667. The maximum Gasteiger partial charge on any atom is 0.129 e. The quantitative estimate of drug-likeness (QED) is 0.802. The highest BCUT2D eigenvalue weighted by Gasteiger charge is 2.27. The minimum atomic E-state index is -0.421. The van der Waals surface area contributed by atoms with Crippen molar-refractivity contribution >= 4 is 0 Å². The topological polar surface area (TPSA) is 12.0 Å². The number of hydrogen-bond acceptors (Lipinski definition) is 1. The first-order valence-corrected chi connectivity index (χ1v) is 8.25. The second kappa shape index (κ2) is 7.88. The normalized spacial score (nSPS) is 24.0. The Morgan fingerprint density at radius 2 is 1.76 bits per heavy atom. The molecule has 2 rings (SSSR count). The van der Waals surface area contributed by atoms with Crippen LogP contribution in [0.15, 0.2) is 18.2 Å². The van der Waals surface area contributed by atoms with Gasteiger partial charge in [0, 0.05) is 11.6 Å². The van der Waals surface area contributed by atoms with Gasteiger partial charge in [0.15, 0.2) is 0 Å². The van der Waals surface area contributed by atoms with Crippen LogP contribution in [0.25, 0.3) is 0 Å². The lowest BCUT2D eigenvalue weighted by atomic mass is 9.76. The molecule has 0 aliphatic heterocycles.